The predicted molar refractivity (Wildman–Crippen MR) is 103 cm³/mol. The van der Waals surface area contributed by atoms with Crippen molar-refractivity contribution in [2.45, 2.75) is 38.3 Å². The molecule has 6 heteroatoms. The van der Waals surface area contributed by atoms with Crippen LogP contribution in [0.15, 0.2) is 29.3 Å². The summed E-state index contributed by atoms with van der Waals surface area (Å²) in [6, 6.07) is 7.56. The zero-order chi connectivity index (χ0) is 17.5. The molecule has 5 nitrogen and oxygen atoms in total. The molecule has 5 rings (SSSR count). The van der Waals surface area contributed by atoms with Crippen LogP contribution in [0.25, 0.3) is 6.08 Å². The van der Waals surface area contributed by atoms with Crippen LogP contribution in [0.1, 0.15) is 29.8 Å². The summed E-state index contributed by atoms with van der Waals surface area (Å²) < 4.78 is 0. The number of carbonyl (C=O) groups is 1. The van der Waals surface area contributed by atoms with E-state index < -0.39 is 0 Å². The van der Waals surface area contributed by atoms with Gasteiger partial charge in [0.1, 0.15) is 6.04 Å². The van der Waals surface area contributed by atoms with Crippen LogP contribution in [0.3, 0.4) is 0 Å². The highest BCUT2D eigenvalue weighted by atomic mass is 32.1. The van der Waals surface area contributed by atoms with E-state index in [1.165, 1.54) is 24.1 Å². The smallest absolute Gasteiger partial charge is 0.251 e. The van der Waals surface area contributed by atoms with Crippen LogP contribution in [0.2, 0.25) is 0 Å². The van der Waals surface area contributed by atoms with Crippen LogP contribution >= 0.6 is 11.3 Å². The van der Waals surface area contributed by atoms with Crippen molar-refractivity contribution in [3.8, 4) is 0 Å². The fraction of sp³-hybridized carbons (Fsp3) is 0.450. The van der Waals surface area contributed by atoms with Gasteiger partial charge in [-0.25, -0.2) is 4.98 Å². The summed E-state index contributed by atoms with van der Waals surface area (Å²) in [5, 5.41) is 6.49. The van der Waals surface area contributed by atoms with Gasteiger partial charge in [-0.1, -0.05) is 36.0 Å². The molecule has 0 radical (unpaired) electrons. The maximum Gasteiger partial charge on any atom is 0.251 e. The Labute approximate surface area is 156 Å². The summed E-state index contributed by atoms with van der Waals surface area (Å²) in [7, 11) is 0. The lowest BCUT2D eigenvalue weighted by atomic mass is 9.86. The van der Waals surface area contributed by atoms with E-state index in [0.29, 0.717) is 6.54 Å². The average molecular weight is 366 g/mol. The topological polar surface area (TPSA) is 57.6 Å². The second kappa shape index (κ2) is 6.50. The number of nitrogens with one attached hydrogen (secondary N) is 1. The fourth-order valence-electron chi connectivity index (χ4n) is 3.80. The van der Waals surface area contributed by atoms with Crippen molar-refractivity contribution < 1.29 is 4.79 Å². The highest BCUT2D eigenvalue weighted by molar-refractivity contribution is 7.15. The Balaban J connectivity index is 1.27. The third-order valence-corrected chi connectivity index (χ3v) is 6.66. The summed E-state index contributed by atoms with van der Waals surface area (Å²) in [4.78, 5) is 25.4. The van der Waals surface area contributed by atoms with Gasteiger partial charge in [0.05, 0.1) is 17.6 Å². The minimum atomic E-state index is -0.377. The normalized spacial score (nSPS) is 21.2. The van der Waals surface area contributed by atoms with Crippen LogP contribution in [0.4, 0.5) is 5.13 Å². The Hall–Kier alpha value is -2.21. The second-order valence-electron chi connectivity index (χ2n) is 7.38. The molecule has 3 aliphatic rings. The van der Waals surface area contributed by atoms with Crippen molar-refractivity contribution >= 4 is 28.5 Å². The third-order valence-electron chi connectivity index (χ3n) is 5.61. The Morgan fingerprint density at radius 1 is 1.31 bits per heavy atom. The summed E-state index contributed by atoms with van der Waals surface area (Å²) in [5.41, 5.74) is 1.16. The number of amides is 1. The Kier molecular flexibility index (Phi) is 4.00. The molecule has 2 aliphatic heterocycles. The van der Waals surface area contributed by atoms with Gasteiger partial charge in [-0.05, 0) is 36.1 Å². The van der Waals surface area contributed by atoms with Crippen molar-refractivity contribution in [1.29, 1.82) is 0 Å². The molecule has 1 aromatic carbocycles. The first-order valence-electron chi connectivity index (χ1n) is 9.42. The van der Waals surface area contributed by atoms with E-state index in [-0.39, 0.29) is 11.9 Å². The monoisotopic (exact) mass is 366 g/mol. The molecule has 1 fully saturated rings. The number of hydrogen-bond donors (Lipinski definition) is 1. The number of anilines is 1. The number of nitrogens with zero attached hydrogens (tertiary/aromatic N) is 3. The van der Waals surface area contributed by atoms with Gasteiger partial charge >= 0.3 is 0 Å². The van der Waals surface area contributed by atoms with Gasteiger partial charge in [0.15, 0.2) is 5.13 Å². The van der Waals surface area contributed by atoms with Gasteiger partial charge in [-0.3, -0.25) is 9.79 Å². The van der Waals surface area contributed by atoms with Gasteiger partial charge < -0.3 is 10.2 Å². The highest BCUT2D eigenvalue weighted by Crippen LogP contribution is 2.31. The van der Waals surface area contributed by atoms with Crippen molar-refractivity contribution in [2.75, 3.05) is 18.4 Å². The molecule has 1 saturated carbocycles. The first-order valence-corrected chi connectivity index (χ1v) is 10.2. The van der Waals surface area contributed by atoms with Crippen molar-refractivity contribution in [2.24, 2.45) is 10.9 Å². The van der Waals surface area contributed by atoms with E-state index in [1.54, 1.807) is 11.3 Å². The lowest BCUT2D eigenvalue weighted by molar-refractivity contribution is -0.131. The molecule has 1 atom stereocenters. The number of hydrogen-bond acceptors (Lipinski definition) is 5. The van der Waals surface area contributed by atoms with E-state index in [9.17, 15) is 4.79 Å². The van der Waals surface area contributed by atoms with Gasteiger partial charge in [-0.2, -0.15) is 0 Å². The molecule has 1 aliphatic carbocycles. The Bertz CT molecular complexity index is 927. The summed E-state index contributed by atoms with van der Waals surface area (Å²) >= 11 is 1.71. The summed E-state index contributed by atoms with van der Waals surface area (Å²) in [6.07, 6.45) is 6.85. The van der Waals surface area contributed by atoms with E-state index >= 15 is 0 Å². The molecule has 0 spiro atoms. The molecule has 1 aromatic heterocycles. The second-order valence-corrected chi connectivity index (χ2v) is 8.46. The number of aromatic nitrogens is 1. The van der Waals surface area contributed by atoms with Gasteiger partial charge in [0.25, 0.3) is 5.91 Å². The SMILES string of the molecule is O=C(C1C=c2ccccc2=N1)N1CCc2nc(NCC3CCC3)sc2C1. The van der Waals surface area contributed by atoms with Crippen LogP contribution in [-0.2, 0) is 17.8 Å². The first kappa shape index (κ1) is 16.0. The zero-order valence-electron chi connectivity index (χ0n) is 14.6. The van der Waals surface area contributed by atoms with Crippen LogP contribution < -0.4 is 15.9 Å². The molecule has 0 saturated heterocycles. The minimum absolute atomic E-state index is 0.101. The molecule has 1 unspecified atom stereocenters. The Morgan fingerprint density at radius 2 is 2.19 bits per heavy atom. The van der Waals surface area contributed by atoms with Crippen molar-refractivity contribution in [1.82, 2.24) is 9.88 Å². The molecule has 1 amide bonds. The number of carbonyl (C=O) groups excluding carboxylic acids is 1. The minimum Gasteiger partial charge on any atom is -0.361 e. The maximum absolute atomic E-state index is 12.9. The molecule has 1 N–H and O–H groups in total. The number of rotatable bonds is 4. The predicted octanol–water partition coefficient (Wildman–Crippen LogP) is 1.72. The van der Waals surface area contributed by atoms with Gasteiger partial charge in [-0.15, -0.1) is 0 Å². The molecule has 3 heterocycles. The summed E-state index contributed by atoms with van der Waals surface area (Å²) in [5.74, 6) is 0.916. The van der Waals surface area contributed by atoms with Crippen molar-refractivity contribution in [3.63, 3.8) is 0 Å². The lowest BCUT2D eigenvalue weighted by Crippen LogP contribution is -2.40. The van der Waals surface area contributed by atoms with Gasteiger partial charge in [0, 0.05) is 24.4 Å². The lowest BCUT2D eigenvalue weighted by Gasteiger charge is -2.27. The number of para-hydroxylation sites is 1. The third kappa shape index (κ3) is 2.92. The number of benzene rings is 1. The van der Waals surface area contributed by atoms with E-state index in [4.69, 9.17) is 4.98 Å². The zero-order valence-corrected chi connectivity index (χ0v) is 15.5. The molecule has 0 bridgehead atoms. The van der Waals surface area contributed by atoms with E-state index in [2.05, 4.69) is 10.3 Å². The van der Waals surface area contributed by atoms with Crippen LogP contribution in [-0.4, -0.2) is 34.9 Å². The molecular formula is C20H22N4OS. The van der Waals surface area contributed by atoms with Crippen molar-refractivity contribution in [3.05, 3.63) is 45.4 Å². The fourth-order valence-corrected chi connectivity index (χ4v) is 4.84. The van der Waals surface area contributed by atoms with Crippen LogP contribution in [0.5, 0.6) is 0 Å². The summed E-state index contributed by atoms with van der Waals surface area (Å²) in [6.45, 7) is 2.42. The largest absolute Gasteiger partial charge is 0.361 e. The number of thiazole rings is 1. The maximum atomic E-state index is 12.9. The van der Waals surface area contributed by atoms with Crippen LogP contribution in [0, 0.1) is 5.92 Å². The highest BCUT2D eigenvalue weighted by Gasteiger charge is 2.29. The molecule has 26 heavy (non-hydrogen) atoms. The molecular weight excluding hydrogens is 344 g/mol. The standard InChI is InChI=1S/C20H22N4OS/c25-19(17-10-14-6-1-2-7-15(14)22-17)24-9-8-16-18(12-24)26-20(23-16)21-11-13-4-3-5-13/h1-2,6-7,10,13,17H,3-5,8-9,11-12H2,(H,21,23). The van der Waals surface area contributed by atoms with E-state index in [0.717, 1.165) is 46.8 Å². The van der Waals surface area contributed by atoms with E-state index in [1.807, 2.05) is 35.2 Å². The Morgan fingerprint density at radius 3 is 3.00 bits per heavy atom. The quantitative estimate of drug-likeness (QED) is 0.896. The molecule has 134 valence electrons. The number of fused-ring (bicyclic) bond motifs is 2. The molecule has 2 aromatic rings. The first-order chi connectivity index (χ1) is 12.8. The average Bonchev–Trinajstić information content (AvgIpc) is 3.22. The van der Waals surface area contributed by atoms with Gasteiger partial charge in [0.2, 0.25) is 0 Å².